The first-order valence-corrected chi connectivity index (χ1v) is 9.37. The molecule has 8 heteroatoms. The van der Waals surface area contributed by atoms with E-state index in [-0.39, 0.29) is 18.4 Å². The first-order valence-electron chi connectivity index (χ1n) is 8.23. The van der Waals surface area contributed by atoms with Crippen LogP contribution < -0.4 is 10.6 Å². The summed E-state index contributed by atoms with van der Waals surface area (Å²) in [5.41, 5.74) is 2.16. The molecule has 0 bridgehead atoms. The van der Waals surface area contributed by atoms with Crippen molar-refractivity contribution < 1.29 is 9.59 Å². The summed E-state index contributed by atoms with van der Waals surface area (Å²) in [4.78, 5) is 25.4. The van der Waals surface area contributed by atoms with Crippen molar-refractivity contribution in [1.82, 2.24) is 4.90 Å². The van der Waals surface area contributed by atoms with Crippen molar-refractivity contribution in [3.63, 3.8) is 0 Å². The normalized spacial score (nSPS) is 10.4. The summed E-state index contributed by atoms with van der Waals surface area (Å²) in [6.45, 7) is 0.0149. The summed E-state index contributed by atoms with van der Waals surface area (Å²) in [6.07, 6.45) is 1.03. The second kappa shape index (κ2) is 9.83. The Balaban J connectivity index is 1.91. The van der Waals surface area contributed by atoms with Gasteiger partial charge in [-0.25, -0.2) is 0 Å². The van der Waals surface area contributed by atoms with Crippen LogP contribution in [0.1, 0.15) is 12.0 Å². The minimum absolute atomic E-state index is 0.0149. The summed E-state index contributed by atoms with van der Waals surface area (Å²) in [7, 11) is 3.46. The zero-order valence-electron chi connectivity index (χ0n) is 15.0. The predicted molar refractivity (Wildman–Crippen MR) is 112 cm³/mol. The highest BCUT2D eigenvalue weighted by atomic mass is 35.5. The maximum atomic E-state index is 12.2. The molecule has 2 aromatic rings. The fourth-order valence-electron chi connectivity index (χ4n) is 2.32. The molecule has 27 heavy (non-hydrogen) atoms. The molecule has 0 spiro atoms. The second-order valence-corrected chi connectivity index (χ2v) is 7.36. The van der Waals surface area contributed by atoms with Gasteiger partial charge in [-0.1, -0.05) is 46.9 Å². The molecular weight excluding hydrogens is 409 g/mol. The average Bonchev–Trinajstić information content (AvgIpc) is 2.61. The number of nitrogens with one attached hydrogen (secondary N) is 2. The van der Waals surface area contributed by atoms with Gasteiger partial charge in [0.25, 0.3) is 0 Å². The Bertz CT molecular complexity index is 841. The molecule has 0 aliphatic carbocycles. The molecule has 0 radical (unpaired) electrons. The van der Waals surface area contributed by atoms with Crippen LogP contribution in [0.15, 0.2) is 36.4 Å². The van der Waals surface area contributed by atoms with Gasteiger partial charge in [-0.2, -0.15) is 0 Å². The lowest BCUT2D eigenvalue weighted by Crippen LogP contribution is -2.22. The third-order valence-corrected chi connectivity index (χ3v) is 4.82. The van der Waals surface area contributed by atoms with Crippen LogP contribution in [-0.4, -0.2) is 37.4 Å². The molecule has 0 saturated carbocycles. The van der Waals surface area contributed by atoms with E-state index < -0.39 is 0 Å². The van der Waals surface area contributed by atoms with E-state index in [1.165, 1.54) is 6.07 Å². The van der Waals surface area contributed by atoms with Gasteiger partial charge in [-0.3, -0.25) is 9.59 Å². The summed E-state index contributed by atoms with van der Waals surface area (Å²) in [6, 6.07) is 10.5. The van der Waals surface area contributed by atoms with Crippen LogP contribution >= 0.6 is 34.8 Å². The average molecular weight is 429 g/mol. The molecule has 2 aromatic carbocycles. The summed E-state index contributed by atoms with van der Waals surface area (Å²) < 4.78 is 0. The SMILES string of the molecule is CN(C)C(=O)CCc1cccc(NC(=O)CNc2cc(Cl)c(Cl)cc2Cl)c1. The Labute approximate surface area is 173 Å². The van der Waals surface area contributed by atoms with Gasteiger partial charge in [-0.15, -0.1) is 0 Å². The molecule has 0 heterocycles. The molecule has 2 rings (SSSR count). The van der Waals surface area contributed by atoms with Gasteiger partial charge in [0, 0.05) is 26.2 Å². The lowest BCUT2D eigenvalue weighted by atomic mass is 10.1. The van der Waals surface area contributed by atoms with E-state index in [0.29, 0.717) is 39.3 Å². The van der Waals surface area contributed by atoms with Crippen LogP contribution in [0.5, 0.6) is 0 Å². The fraction of sp³-hybridized carbons (Fsp3) is 0.263. The quantitative estimate of drug-likeness (QED) is 0.627. The monoisotopic (exact) mass is 427 g/mol. The van der Waals surface area contributed by atoms with Crippen molar-refractivity contribution in [2.75, 3.05) is 31.3 Å². The molecule has 0 aliphatic rings. The lowest BCUT2D eigenvalue weighted by Gasteiger charge is -2.12. The largest absolute Gasteiger partial charge is 0.375 e. The van der Waals surface area contributed by atoms with Gasteiger partial charge >= 0.3 is 0 Å². The van der Waals surface area contributed by atoms with E-state index in [2.05, 4.69) is 10.6 Å². The van der Waals surface area contributed by atoms with E-state index in [0.717, 1.165) is 5.56 Å². The van der Waals surface area contributed by atoms with Crippen molar-refractivity contribution in [2.45, 2.75) is 12.8 Å². The molecule has 0 fully saturated rings. The Morgan fingerprint density at radius 1 is 1.00 bits per heavy atom. The van der Waals surface area contributed by atoms with Gasteiger partial charge in [0.15, 0.2) is 0 Å². The zero-order valence-corrected chi connectivity index (χ0v) is 17.3. The van der Waals surface area contributed by atoms with Gasteiger partial charge in [0.2, 0.25) is 11.8 Å². The van der Waals surface area contributed by atoms with Gasteiger partial charge in [0.1, 0.15) is 0 Å². The number of benzene rings is 2. The number of hydrogen-bond acceptors (Lipinski definition) is 3. The molecular formula is C19H20Cl3N3O2. The third-order valence-electron chi connectivity index (χ3n) is 3.79. The number of aryl methyl sites for hydroxylation is 1. The van der Waals surface area contributed by atoms with Crippen LogP contribution in [0, 0.1) is 0 Å². The molecule has 2 amide bonds. The molecule has 0 unspecified atom stereocenters. The summed E-state index contributed by atoms with van der Waals surface area (Å²) >= 11 is 17.9. The number of carbonyl (C=O) groups excluding carboxylic acids is 2. The van der Waals surface area contributed by atoms with Crippen LogP contribution in [0.3, 0.4) is 0 Å². The Hall–Kier alpha value is -1.95. The highest BCUT2D eigenvalue weighted by Crippen LogP contribution is 2.32. The molecule has 2 N–H and O–H groups in total. The number of hydrogen-bond donors (Lipinski definition) is 2. The number of halogens is 3. The van der Waals surface area contributed by atoms with E-state index in [9.17, 15) is 9.59 Å². The van der Waals surface area contributed by atoms with Gasteiger partial charge in [0.05, 0.1) is 27.3 Å². The third kappa shape index (κ3) is 6.61. The topological polar surface area (TPSA) is 61.4 Å². The van der Waals surface area contributed by atoms with E-state index in [1.807, 2.05) is 18.2 Å². The lowest BCUT2D eigenvalue weighted by molar-refractivity contribution is -0.128. The summed E-state index contributed by atoms with van der Waals surface area (Å²) in [5.74, 6) is -0.175. The Morgan fingerprint density at radius 3 is 2.41 bits per heavy atom. The minimum atomic E-state index is -0.237. The van der Waals surface area contributed by atoms with Crippen LogP contribution in [0.2, 0.25) is 15.1 Å². The predicted octanol–water partition coefficient (Wildman–Crippen LogP) is 4.72. The zero-order chi connectivity index (χ0) is 20.0. The Morgan fingerprint density at radius 2 is 1.70 bits per heavy atom. The van der Waals surface area contributed by atoms with Crippen molar-refractivity contribution >= 4 is 58.0 Å². The smallest absolute Gasteiger partial charge is 0.243 e. The standard InChI is InChI=1S/C19H20Cl3N3O2/c1-25(2)19(27)7-6-12-4-3-5-13(8-12)24-18(26)11-23-17-10-15(21)14(20)9-16(17)22/h3-5,8-10,23H,6-7,11H2,1-2H3,(H,24,26). The van der Waals surface area contributed by atoms with Gasteiger partial charge in [-0.05, 0) is 36.2 Å². The summed E-state index contributed by atoms with van der Waals surface area (Å²) in [5, 5.41) is 6.82. The molecule has 0 aromatic heterocycles. The second-order valence-electron chi connectivity index (χ2n) is 6.14. The van der Waals surface area contributed by atoms with Gasteiger partial charge < -0.3 is 15.5 Å². The number of carbonyl (C=O) groups is 2. The first-order chi connectivity index (χ1) is 12.8. The highest BCUT2D eigenvalue weighted by Gasteiger charge is 2.09. The van der Waals surface area contributed by atoms with Crippen LogP contribution in [-0.2, 0) is 16.0 Å². The van der Waals surface area contributed by atoms with E-state index in [4.69, 9.17) is 34.8 Å². The maximum absolute atomic E-state index is 12.2. The Kier molecular flexibility index (Phi) is 7.78. The van der Waals surface area contributed by atoms with Crippen LogP contribution in [0.4, 0.5) is 11.4 Å². The van der Waals surface area contributed by atoms with Crippen molar-refractivity contribution in [3.05, 3.63) is 57.0 Å². The van der Waals surface area contributed by atoms with Crippen LogP contribution in [0.25, 0.3) is 0 Å². The highest BCUT2D eigenvalue weighted by molar-refractivity contribution is 6.44. The fourth-order valence-corrected chi connectivity index (χ4v) is 2.93. The van der Waals surface area contributed by atoms with Crippen molar-refractivity contribution in [3.8, 4) is 0 Å². The maximum Gasteiger partial charge on any atom is 0.243 e. The first kappa shape index (κ1) is 21.4. The van der Waals surface area contributed by atoms with Crippen molar-refractivity contribution in [1.29, 1.82) is 0 Å². The van der Waals surface area contributed by atoms with E-state index in [1.54, 1.807) is 31.1 Å². The molecule has 0 saturated heterocycles. The number of anilines is 2. The van der Waals surface area contributed by atoms with E-state index >= 15 is 0 Å². The molecule has 5 nitrogen and oxygen atoms in total. The number of rotatable bonds is 7. The minimum Gasteiger partial charge on any atom is -0.375 e. The number of amides is 2. The number of nitrogens with zero attached hydrogens (tertiary/aromatic N) is 1. The molecule has 0 aliphatic heterocycles. The molecule has 144 valence electrons. The van der Waals surface area contributed by atoms with Crippen molar-refractivity contribution in [2.24, 2.45) is 0 Å². The molecule has 0 atom stereocenters.